The number of cyclic esters (lactones) is 1. The molecule has 0 radical (unpaired) electrons. The van der Waals surface area contributed by atoms with Gasteiger partial charge in [-0.3, -0.25) is 9.88 Å². The van der Waals surface area contributed by atoms with Crippen molar-refractivity contribution in [1.82, 2.24) is 9.97 Å². The molecule has 3 heterocycles. The molecule has 0 saturated carbocycles. The summed E-state index contributed by atoms with van der Waals surface area (Å²) in [6, 6.07) is 7.35. The number of carbonyl (C=O) groups excluding carboxylic acids is 1. The Kier molecular flexibility index (Phi) is 3.79. The molecule has 0 bridgehead atoms. The third kappa shape index (κ3) is 3.18. The number of aromatic nitrogens is 2. The number of rotatable bonds is 1. The standard InChI is InChI=1S/C16H13N3O2/c20-16-19(9-2-10-21-16)15-7-6-14(12-18-15)5-4-13-3-1-8-17-11-13/h1,3,6-8,11-12H,2,9-10H2. The van der Waals surface area contributed by atoms with Gasteiger partial charge in [0.2, 0.25) is 0 Å². The normalized spacial score (nSPS) is 14.1. The van der Waals surface area contributed by atoms with E-state index in [9.17, 15) is 4.79 Å². The van der Waals surface area contributed by atoms with E-state index in [0.29, 0.717) is 19.0 Å². The summed E-state index contributed by atoms with van der Waals surface area (Å²) in [5.74, 6) is 6.62. The first-order valence-electron chi connectivity index (χ1n) is 6.65. The molecule has 3 rings (SSSR count). The van der Waals surface area contributed by atoms with Crippen LogP contribution in [0.1, 0.15) is 17.5 Å². The Bertz CT molecular complexity index is 687. The van der Waals surface area contributed by atoms with Gasteiger partial charge >= 0.3 is 6.09 Å². The van der Waals surface area contributed by atoms with E-state index >= 15 is 0 Å². The fourth-order valence-electron chi connectivity index (χ4n) is 1.96. The van der Waals surface area contributed by atoms with Gasteiger partial charge in [-0.2, -0.15) is 0 Å². The van der Waals surface area contributed by atoms with Gasteiger partial charge < -0.3 is 4.74 Å². The molecule has 0 aliphatic carbocycles. The highest BCUT2D eigenvalue weighted by atomic mass is 16.6. The summed E-state index contributed by atoms with van der Waals surface area (Å²) in [5.41, 5.74) is 1.63. The van der Waals surface area contributed by atoms with E-state index in [1.165, 1.54) is 4.90 Å². The van der Waals surface area contributed by atoms with Gasteiger partial charge in [-0.15, -0.1) is 0 Å². The lowest BCUT2D eigenvalue weighted by Crippen LogP contribution is -2.38. The van der Waals surface area contributed by atoms with E-state index in [1.807, 2.05) is 18.2 Å². The van der Waals surface area contributed by atoms with Gasteiger partial charge in [0.05, 0.1) is 6.61 Å². The predicted octanol–water partition coefficient (Wildman–Crippen LogP) is 2.22. The Hall–Kier alpha value is -2.87. The van der Waals surface area contributed by atoms with Gasteiger partial charge in [0, 0.05) is 36.3 Å². The minimum absolute atomic E-state index is 0.344. The van der Waals surface area contributed by atoms with Crippen molar-refractivity contribution in [2.45, 2.75) is 6.42 Å². The summed E-state index contributed by atoms with van der Waals surface area (Å²) in [6.07, 6.45) is 5.54. The summed E-state index contributed by atoms with van der Waals surface area (Å²) in [4.78, 5) is 21.4. The molecule has 1 fully saturated rings. The van der Waals surface area contributed by atoms with Crippen molar-refractivity contribution in [3.63, 3.8) is 0 Å². The Labute approximate surface area is 122 Å². The average Bonchev–Trinajstić information content (AvgIpc) is 2.55. The highest BCUT2D eigenvalue weighted by molar-refractivity contribution is 5.86. The third-order valence-corrected chi connectivity index (χ3v) is 3.01. The Morgan fingerprint density at radius 2 is 2.00 bits per heavy atom. The van der Waals surface area contributed by atoms with Crippen molar-refractivity contribution in [2.75, 3.05) is 18.1 Å². The average molecular weight is 279 g/mol. The van der Waals surface area contributed by atoms with Crippen LogP contribution in [0.2, 0.25) is 0 Å². The molecule has 1 aliphatic heterocycles. The van der Waals surface area contributed by atoms with Crippen LogP contribution in [0.3, 0.4) is 0 Å². The number of anilines is 1. The maximum atomic E-state index is 11.6. The van der Waals surface area contributed by atoms with E-state index in [1.54, 1.807) is 24.7 Å². The van der Waals surface area contributed by atoms with E-state index < -0.39 is 0 Å². The van der Waals surface area contributed by atoms with Gasteiger partial charge in [0.1, 0.15) is 5.82 Å². The topological polar surface area (TPSA) is 55.3 Å². The maximum Gasteiger partial charge on any atom is 0.415 e. The van der Waals surface area contributed by atoms with Crippen LogP contribution in [0.25, 0.3) is 0 Å². The molecule has 5 nitrogen and oxygen atoms in total. The number of ether oxygens (including phenoxy) is 1. The van der Waals surface area contributed by atoms with Crippen molar-refractivity contribution in [1.29, 1.82) is 0 Å². The summed E-state index contributed by atoms with van der Waals surface area (Å²) >= 11 is 0. The number of amides is 1. The van der Waals surface area contributed by atoms with Gasteiger partial charge in [-0.1, -0.05) is 11.8 Å². The summed E-state index contributed by atoms with van der Waals surface area (Å²) < 4.78 is 4.99. The lowest BCUT2D eigenvalue weighted by Gasteiger charge is -2.25. The largest absolute Gasteiger partial charge is 0.449 e. The van der Waals surface area contributed by atoms with Crippen LogP contribution in [0.4, 0.5) is 10.6 Å². The smallest absolute Gasteiger partial charge is 0.415 e. The minimum Gasteiger partial charge on any atom is -0.449 e. The fourth-order valence-corrected chi connectivity index (χ4v) is 1.96. The molecule has 0 atom stereocenters. The Morgan fingerprint density at radius 1 is 1.14 bits per heavy atom. The van der Waals surface area contributed by atoms with Crippen LogP contribution in [-0.4, -0.2) is 29.2 Å². The first-order chi connectivity index (χ1) is 10.3. The van der Waals surface area contributed by atoms with Gasteiger partial charge in [-0.25, -0.2) is 9.78 Å². The lowest BCUT2D eigenvalue weighted by molar-refractivity contribution is 0.140. The van der Waals surface area contributed by atoms with Crippen LogP contribution in [0.15, 0.2) is 42.9 Å². The second kappa shape index (κ2) is 6.06. The van der Waals surface area contributed by atoms with Crippen LogP contribution in [0.5, 0.6) is 0 Å². The molecule has 2 aromatic rings. The van der Waals surface area contributed by atoms with Crippen molar-refractivity contribution in [2.24, 2.45) is 0 Å². The third-order valence-electron chi connectivity index (χ3n) is 3.01. The van der Waals surface area contributed by atoms with Crippen LogP contribution >= 0.6 is 0 Å². The summed E-state index contributed by atoms with van der Waals surface area (Å²) in [5, 5.41) is 0. The van der Waals surface area contributed by atoms with Gasteiger partial charge in [0.15, 0.2) is 0 Å². The molecule has 104 valence electrons. The molecule has 0 N–H and O–H groups in total. The molecule has 2 aromatic heterocycles. The fraction of sp³-hybridized carbons (Fsp3) is 0.188. The number of hydrogen-bond donors (Lipinski definition) is 0. The molecule has 0 aromatic carbocycles. The molecule has 1 aliphatic rings. The zero-order valence-electron chi connectivity index (χ0n) is 11.3. The molecule has 0 spiro atoms. The number of nitrogens with zero attached hydrogens (tertiary/aromatic N) is 3. The SMILES string of the molecule is O=C1OCCCN1c1ccc(C#Cc2cccnc2)cn1. The van der Waals surface area contributed by atoms with Crippen LogP contribution in [0, 0.1) is 11.8 Å². The summed E-state index contributed by atoms with van der Waals surface area (Å²) in [6.45, 7) is 1.11. The monoisotopic (exact) mass is 279 g/mol. The molecule has 1 saturated heterocycles. The molecular weight excluding hydrogens is 266 g/mol. The second-order valence-corrected chi connectivity index (χ2v) is 4.52. The zero-order valence-corrected chi connectivity index (χ0v) is 11.3. The zero-order chi connectivity index (χ0) is 14.5. The highest BCUT2D eigenvalue weighted by Crippen LogP contribution is 2.15. The van der Waals surface area contributed by atoms with Crippen molar-refractivity contribution >= 4 is 11.9 Å². The van der Waals surface area contributed by atoms with E-state index in [-0.39, 0.29) is 6.09 Å². The first-order valence-corrected chi connectivity index (χ1v) is 6.65. The second-order valence-electron chi connectivity index (χ2n) is 4.52. The lowest BCUT2D eigenvalue weighted by atomic mass is 10.2. The molecule has 5 heteroatoms. The van der Waals surface area contributed by atoms with Gasteiger partial charge in [-0.05, 0) is 30.7 Å². The number of hydrogen-bond acceptors (Lipinski definition) is 4. The predicted molar refractivity (Wildman–Crippen MR) is 77.8 cm³/mol. The minimum atomic E-state index is -0.344. The summed E-state index contributed by atoms with van der Waals surface area (Å²) in [7, 11) is 0. The van der Waals surface area contributed by atoms with E-state index in [4.69, 9.17) is 4.74 Å². The first kappa shape index (κ1) is 13.1. The number of carbonyl (C=O) groups is 1. The van der Waals surface area contributed by atoms with Crippen molar-refractivity contribution in [3.05, 3.63) is 54.0 Å². The van der Waals surface area contributed by atoms with Crippen molar-refractivity contribution in [3.8, 4) is 11.8 Å². The highest BCUT2D eigenvalue weighted by Gasteiger charge is 2.21. The van der Waals surface area contributed by atoms with Gasteiger partial charge in [0.25, 0.3) is 0 Å². The van der Waals surface area contributed by atoms with E-state index in [2.05, 4.69) is 21.8 Å². The van der Waals surface area contributed by atoms with Crippen LogP contribution < -0.4 is 4.90 Å². The maximum absolute atomic E-state index is 11.6. The van der Waals surface area contributed by atoms with Crippen LogP contribution in [-0.2, 0) is 4.74 Å². The van der Waals surface area contributed by atoms with E-state index in [0.717, 1.165) is 17.5 Å². The molecule has 1 amide bonds. The quantitative estimate of drug-likeness (QED) is 0.751. The van der Waals surface area contributed by atoms with Crippen molar-refractivity contribution < 1.29 is 9.53 Å². The number of pyridine rings is 2. The molecule has 21 heavy (non-hydrogen) atoms. The Balaban J connectivity index is 1.75. The molecule has 0 unspecified atom stereocenters. The molecular formula is C16H13N3O2. The Morgan fingerprint density at radius 3 is 2.67 bits per heavy atom.